The molecule has 0 radical (unpaired) electrons. The van der Waals surface area contributed by atoms with Crippen molar-refractivity contribution in [2.45, 2.75) is 13.1 Å². The van der Waals surface area contributed by atoms with Crippen LogP contribution in [0.15, 0.2) is 77.3 Å². The fraction of sp³-hybridized carbons (Fsp3) is 0.0909. The van der Waals surface area contributed by atoms with Gasteiger partial charge in [0.25, 0.3) is 0 Å². The number of rotatable bonds is 5. The molecular weight excluding hydrogens is 386 g/mol. The molecule has 0 aliphatic heterocycles. The predicted molar refractivity (Wildman–Crippen MR) is 106 cm³/mol. The number of halogens is 1. The molecule has 3 rings (SSSR count). The van der Waals surface area contributed by atoms with E-state index in [-0.39, 0.29) is 0 Å². The normalized spacial score (nSPS) is 9.96. The summed E-state index contributed by atoms with van der Waals surface area (Å²) in [7, 11) is 0. The summed E-state index contributed by atoms with van der Waals surface area (Å²) >= 11 is 3.48. The van der Waals surface area contributed by atoms with Gasteiger partial charge in [-0.05, 0) is 59.7 Å². The molecule has 0 heterocycles. The Hall–Kier alpha value is -3.08. The summed E-state index contributed by atoms with van der Waals surface area (Å²) in [5, 5.41) is 17.9. The van der Waals surface area contributed by atoms with Gasteiger partial charge < -0.3 is 4.90 Å². The summed E-state index contributed by atoms with van der Waals surface area (Å²) in [6.07, 6.45) is 0. The van der Waals surface area contributed by atoms with E-state index in [0.717, 1.165) is 34.4 Å². The number of anilines is 1. The molecular formula is C22H16BrN3. The van der Waals surface area contributed by atoms with E-state index in [2.05, 4.69) is 45.1 Å². The maximum absolute atomic E-state index is 8.96. The lowest BCUT2D eigenvalue weighted by molar-refractivity contribution is 0.800. The standard InChI is InChI=1S/C22H16BrN3/c23-21-9-11-22(12-10-21)26(15-19-5-1-17(13-24)2-6-19)16-20-7-3-18(14-25)4-8-20/h1-12H,15-16H2. The minimum Gasteiger partial charge on any atom is -0.363 e. The molecule has 0 aliphatic carbocycles. The number of benzene rings is 3. The van der Waals surface area contributed by atoms with Crippen molar-refractivity contribution in [3.63, 3.8) is 0 Å². The third kappa shape index (κ3) is 4.51. The van der Waals surface area contributed by atoms with Crippen LogP contribution in [0.5, 0.6) is 0 Å². The minimum absolute atomic E-state index is 0.663. The predicted octanol–water partition coefficient (Wildman–Crippen LogP) is 5.40. The first-order valence-corrected chi connectivity index (χ1v) is 8.96. The van der Waals surface area contributed by atoms with Gasteiger partial charge in [0, 0.05) is 23.2 Å². The molecule has 26 heavy (non-hydrogen) atoms. The molecule has 0 saturated carbocycles. The Balaban J connectivity index is 1.86. The molecule has 0 unspecified atom stereocenters. The molecule has 0 N–H and O–H groups in total. The molecule has 0 saturated heterocycles. The van der Waals surface area contributed by atoms with Crippen LogP contribution in [-0.4, -0.2) is 0 Å². The Bertz CT molecular complexity index is 887. The van der Waals surface area contributed by atoms with Gasteiger partial charge in [-0.1, -0.05) is 40.2 Å². The molecule has 0 aromatic heterocycles. The lowest BCUT2D eigenvalue weighted by atomic mass is 10.1. The second-order valence-electron chi connectivity index (χ2n) is 5.95. The zero-order chi connectivity index (χ0) is 18.4. The van der Waals surface area contributed by atoms with Crippen LogP contribution in [0.3, 0.4) is 0 Å². The average molecular weight is 402 g/mol. The van der Waals surface area contributed by atoms with Crippen molar-refractivity contribution >= 4 is 21.6 Å². The molecule has 126 valence electrons. The Labute approximate surface area is 161 Å². The van der Waals surface area contributed by atoms with Crippen molar-refractivity contribution in [2.75, 3.05) is 4.90 Å². The monoisotopic (exact) mass is 401 g/mol. The molecule has 0 aliphatic rings. The van der Waals surface area contributed by atoms with Crippen LogP contribution in [0.1, 0.15) is 22.3 Å². The van der Waals surface area contributed by atoms with E-state index in [1.54, 1.807) is 0 Å². The average Bonchev–Trinajstić information content (AvgIpc) is 2.69. The molecule has 0 amide bonds. The fourth-order valence-electron chi connectivity index (χ4n) is 2.70. The van der Waals surface area contributed by atoms with Crippen molar-refractivity contribution in [1.29, 1.82) is 10.5 Å². The highest BCUT2D eigenvalue weighted by atomic mass is 79.9. The molecule has 0 bridgehead atoms. The van der Waals surface area contributed by atoms with Gasteiger partial charge in [0.1, 0.15) is 0 Å². The van der Waals surface area contributed by atoms with E-state index >= 15 is 0 Å². The van der Waals surface area contributed by atoms with Gasteiger partial charge in [-0.15, -0.1) is 0 Å². The number of hydrogen-bond acceptors (Lipinski definition) is 3. The van der Waals surface area contributed by atoms with Crippen LogP contribution in [-0.2, 0) is 13.1 Å². The summed E-state index contributed by atoms with van der Waals surface area (Å²) in [6.45, 7) is 1.46. The van der Waals surface area contributed by atoms with Gasteiger partial charge in [-0.3, -0.25) is 0 Å². The summed E-state index contributed by atoms with van der Waals surface area (Å²) in [5.41, 5.74) is 4.72. The van der Waals surface area contributed by atoms with Crippen LogP contribution in [0, 0.1) is 22.7 Å². The van der Waals surface area contributed by atoms with Crippen LogP contribution in [0.2, 0.25) is 0 Å². The second kappa shape index (κ2) is 8.34. The van der Waals surface area contributed by atoms with Crippen molar-refractivity contribution in [2.24, 2.45) is 0 Å². The lowest BCUT2D eigenvalue weighted by Crippen LogP contribution is -2.22. The first-order chi connectivity index (χ1) is 12.7. The lowest BCUT2D eigenvalue weighted by Gasteiger charge is -2.25. The summed E-state index contributed by atoms with van der Waals surface area (Å²) in [4.78, 5) is 2.27. The number of hydrogen-bond donors (Lipinski definition) is 0. The zero-order valence-corrected chi connectivity index (χ0v) is 15.6. The van der Waals surface area contributed by atoms with E-state index in [0.29, 0.717) is 11.1 Å². The van der Waals surface area contributed by atoms with E-state index in [1.165, 1.54) is 0 Å². The van der Waals surface area contributed by atoms with Crippen LogP contribution < -0.4 is 4.90 Å². The number of nitrogens with zero attached hydrogens (tertiary/aromatic N) is 3. The molecule has 3 nitrogen and oxygen atoms in total. The van der Waals surface area contributed by atoms with Crippen molar-refractivity contribution in [3.8, 4) is 12.1 Å². The Morgan fingerprint density at radius 2 is 1.08 bits per heavy atom. The molecule has 0 atom stereocenters. The molecule has 4 heteroatoms. The quantitative estimate of drug-likeness (QED) is 0.574. The van der Waals surface area contributed by atoms with Crippen LogP contribution >= 0.6 is 15.9 Å². The van der Waals surface area contributed by atoms with Crippen molar-refractivity contribution in [3.05, 3.63) is 99.5 Å². The van der Waals surface area contributed by atoms with Gasteiger partial charge in [0.15, 0.2) is 0 Å². The van der Waals surface area contributed by atoms with E-state index in [1.807, 2.05) is 60.7 Å². The molecule has 3 aromatic rings. The maximum atomic E-state index is 8.96. The Kier molecular flexibility index (Phi) is 5.69. The van der Waals surface area contributed by atoms with E-state index < -0.39 is 0 Å². The summed E-state index contributed by atoms with van der Waals surface area (Å²) < 4.78 is 1.04. The third-order valence-electron chi connectivity index (χ3n) is 4.10. The zero-order valence-electron chi connectivity index (χ0n) is 14.1. The smallest absolute Gasteiger partial charge is 0.0991 e. The van der Waals surface area contributed by atoms with E-state index in [9.17, 15) is 0 Å². The second-order valence-corrected chi connectivity index (χ2v) is 6.87. The maximum Gasteiger partial charge on any atom is 0.0991 e. The fourth-order valence-corrected chi connectivity index (χ4v) is 2.96. The highest BCUT2D eigenvalue weighted by molar-refractivity contribution is 9.10. The molecule has 0 spiro atoms. The molecule has 3 aromatic carbocycles. The third-order valence-corrected chi connectivity index (χ3v) is 4.63. The van der Waals surface area contributed by atoms with Gasteiger partial charge in [0.2, 0.25) is 0 Å². The number of nitriles is 2. The van der Waals surface area contributed by atoms with Gasteiger partial charge in [-0.2, -0.15) is 10.5 Å². The highest BCUT2D eigenvalue weighted by Gasteiger charge is 2.09. The van der Waals surface area contributed by atoms with Gasteiger partial charge in [0.05, 0.1) is 23.3 Å². The van der Waals surface area contributed by atoms with Gasteiger partial charge >= 0.3 is 0 Å². The van der Waals surface area contributed by atoms with Gasteiger partial charge in [-0.25, -0.2) is 0 Å². The summed E-state index contributed by atoms with van der Waals surface area (Å²) in [6, 6.07) is 27.9. The SMILES string of the molecule is N#Cc1ccc(CN(Cc2ccc(C#N)cc2)c2ccc(Br)cc2)cc1. The first-order valence-electron chi connectivity index (χ1n) is 8.16. The van der Waals surface area contributed by atoms with Crippen LogP contribution in [0.25, 0.3) is 0 Å². The van der Waals surface area contributed by atoms with Crippen LogP contribution in [0.4, 0.5) is 5.69 Å². The summed E-state index contributed by atoms with van der Waals surface area (Å²) in [5.74, 6) is 0. The Morgan fingerprint density at radius 1 is 0.654 bits per heavy atom. The Morgan fingerprint density at radius 3 is 1.46 bits per heavy atom. The topological polar surface area (TPSA) is 50.8 Å². The largest absolute Gasteiger partial charge is 0.363 e. The minimum atomic E-state index is 0.663. The first kappa shape index (κ1) is 17.7. The van der Waals surface area contributed by atoms with Crippen molar-refractivity contribution in [1.82, 2.24) is 0 Å². The highest BCUT2D eigenvalue weighted by Crippen LogP contribution is 2.23. The van der Waals surface area contributed by atoms with E-state index in [4.69, 9.17) is 10.5 Å². The van der Waals surface area contributed by atoms with Crippen molar-refractivity contribution < 1.29 is 0 Å². The molecule has 0 fully saturated rings.